The summed E-state index contributed by atoms with van der Waals surface area (Å²) in [4.78, 5) is 5.59. The van der Waals surface area contributed by atoms with Gasteiger partial charge in [-0.25, -0.2) is 0 Å². The van der Waals surface area contributed by atoms with Crippen LogP contribution >= 0.6 is 0 Å². The highest BCUT2D eigenvalue weighted by atomic mass is 15.2. The summed E-state index contributed by atoms with van der Waals surface area (Å²) in [5, 5.41) is 0. The number of benzene rings is 1. The molecule has 6 unspecified atom stereocenters. The summed E-state index contributed by atoms with van der Waals surface area (Å²) in [5.41, 5.74) is 6.58. The third-order valence-corrected chi connectivity index (χ3v) is 15.1. The molecule has 4 fully saturated rings. The van der Waals surface area contributed by atoms with Gasteiger partial charge in [-0.15, -0.1) is 0 Å². The van der Waals surface area contributed by atoms with Crippen molar-refractivity contribution in [1.29, 1.82) is 0 Å². The maximum atomic E-state index is 2.82. The van der Waals surface area contributed by atoms with Gasteiger partial charge in [-0.05, 0) is 153 Å². The largest absolute Gasteiger partial charge is 0.291 e. The van der Waals surface area contributed by atoms with Crippen LogP contribution in [0.2, 0.25) is 0 Å². The van der Waals surface area contributed by atoms with Crippen molar-refractivity contribution < 1.29 is 0 Å². The molecule has 2 heteroatoms. The first-order valence-electron chi connectivity index (χ1n) is 20.1. The Morgan fingerprint density at radius 2 is 1.16 bits per heavy atom. The molecular weight excluding hydrogens is 593 g/mol. The first-order chi connectivity index (χ1) is 22.6. The van der Waals surface area contributed by atoms with Crippen molar-refractivity contribution in [3.05, 3.63) is 65.3 Å². The minimum absolute atomic E-state index is 0.204. The van der Waals surface area contributed by atoms with Crippen molar-refractivity contribution in [2.45, 2.75) is 178 Å². The zero-order valence-electron chi connectivity index (χ0n) is 35.0. The monoisotopic (exact) mass is 671 g/mol. The van der Waals surface area contributed by atoms with Crippen LogP contribution in [0.15, 0.2) is 59.7 Å². The van der Waals surface area contributed by atoms with Crippen molar-refractivity contribution in [1.82, 2.24) is 9.80 Å². The Morgan fingerprint density at radius 3 is 1.55 bits per heavy atom. The lowest BCUT2D eigenvalue weighted by Gasteiger charge is -2.49. The Morgan fingerprint density at radius 1 is 0.694 bits per heavy atom. The molecule has 2 nitrogen and oxygen atoms in total. The molecule has 276 valence electrons. The van der Waals surface area contributed by atoms with E-state index in [1.165, 1.54) is 62.5 Å². The Hall–Kier alpha value is -1.64. The maximum absolute atomic E-state index is 2.82. The normalized spacial score (nSPS) is 31.9. The van der Waals surface area contributed by atoms with E-state index < -0.39 is 0 Å². The smallest absolute Gasteiger partial charge is 0.0174 e. The molecule has 4 aliphatic carbocycles. The van der Waals surface area contributed by atoms with E-state index >= 15 is 0 Å². The van der Waals surface area contributed by atoms with Gasteiger partial charge >= 0.3 is 0 Å². The average Bonchev–Trinajstić information content (AvgIpc) is 3.51. The summed E-state index contributed by atoms with van der Waals surface area (Å²) in [6.07, 6.45) is 20.3. The summed E-state index contributed by atoms with van der Waals surface area (Å²) < 4.78 is 0. The molecule has 0 saturated heterocycles. The standard InChI is InChI=1S/C24H43N.C23H35N/c1-18(2)11-10-12-19(3)14-16-25(22(4,5)6)21-17-20-13-15-24(21,9)23(20,7)8;1-21(2,3)24(16-10-13-18-11-8-7-9-12-18)20-17-19-14-15-23(20,6)22(19,4)5/h11,14,20-21H,10,12-13,15-17H2,1-9H3;7-13,19-20H,14-17H2,1-6H3/b19-14+;13-10+. The number of fused-ring (bicyclic) bond motifs is 4. The molecule has 0 heterocycles. The molecule has 4 saturated carbocycles. The average molecular weight is 671 g/mol. The highest BCUT2D eigenvalue weighted by Crippen LogP contribution is 2.68. The van der Waals surface area contributed by atoms with Crippen molar-refractivity contribution in [3.63, 3.8) is 0 Å². The minimum Gasteiger partial charge on any atom is -0.291 e. The van der Waals surface area contributed by atoms with Crippen LogP contribution in [0.4, 0.5) is 0 Å². The second kappa shape index (κ2) is 14.8. The molecule has 4 bridgehead atoms. The van der Waals surface area contributed by atoms with Gasteiger partial charge in [0, 0.05) is 36.3 Å². The fourth-order valence-electron chi connectivity index (χ4n) is 10.8. The van der Waals surface area contributed by atoms with E-state index in [1.54, 1.807) is 5.57 Å². The third kappa shape index (κ3) is 8.22. The van der Waals surface area contributed by atoms with E-state index in [2.05, 4.69) is 168 Å². The molecule has 0 spiro atoms. The molecular formula is C47H78N2. The molecule has 5 rings (SSSR count). The predicted molar refractivity (Wildman–Crippen MR) is 217 cm³/mol. The molecule has 0 aromatic heterocycles. The molecule has 0 amide bonds. The number of allylic oxidation sites excluding steroid dienone is 3. The first kappa shape index (κ1) is 40.1. The molecule has 49 heavy (non-hydrogen) atoms. The highest BCUT2D eigenvalue weighted by molar-refractivity contribution is 5.48. The van der Waals surface area contributed by atoms with Gasteiger partial charge in [0.15, 0.2) is 0 Å². The first-order valence-corrected chi connectivity index (χ1v) is 20.1. The molecule has 1 aromatic rings. The van der Waals surface area contributed by atoms with Crippen LogP contribution in [0.5, 0.6) is 0 Å². The van der Waals surface area contributed by atoms with E-state index in [-0.39, 0.29) is 11.1 Å². The number of nitrogens with zero attached hydrogens (tertiary/aromatic N) is 2. The molecule has 4 aliphatic rings. The predicted octanol–water partition coefficient (Wildman–Crippen LogP) is 13.0. The molecule has 0 aliphatic heterocycles. The Labute approximate surface area is 305 Å². The Bertz CT molecular complexity index is 1330. The summed E-state index contributed by atoms with van der Waals surface area (Å²) >= 11 is 0. The van der Waals surface area contributed by atoms with E-state index in [1.807, 2.05) is 0 Å². The lowest BCUT2D eigenvalue weighted by atomic mass is 9.68. The number of hydrogen-bond donors (Lipinski definition) is 0. The number of rotatable bonds is 10. The zero-order valence-corrected chi connectivity index (χ0v) is 35.0. The van der Waals surface area contributed by atoms with Gasteiger partial charge in [0.25, 0.3) is 0 Å². The Kier molecular flexibility index (Phi) is 12.1. The summed E-state index contributed by atoms with van der Waals surface area (Å²) in [5.74, 6) is 1.81. The van der Waals surface area contributed by atoms with Crippen molar-refractivity contribution in [2.24, 2.45) is 33.5 Å². The van der Waals surface area contributed by atoms with Gasteiger partial charge in [0.05, 0.1) is 0 Å². The lowest BCUT2D eigenvalue weighted by molar-refractivity contribution is -0.000542. The van der Waals surface area contributed by atoms with Crippen LogP contribution in [-0.2, 0) is 0 Å². The highest BCUT2D eigenvalue weighted by Gasteiger charge is 2.64. The fourth-order valence-corrected chi connectivity index (χ4v) is 10.8. The zero-order chi connectivity index (χ0) is 36.6. The van der Waals surface area contributed by atoms with Gasteiger partial charge in [0.1, 0.15) is 0 Å². The van der Waals surface area contributed by atoms with Gasteiger partial charge in [-0.1, -0.05) is 107 Å². The van der Waals surface area contributed by atoms with Crippen LogP contribution in [0.3, 0.4) is 0 Å². The number of hydrogen-bond acceptors (Lipinski definition) is 2. The summed E-state index contributed by atoms with van der Waals surface area (Å²) in [7, 11) is 0. The minimum atomic E-state index is 0.204. The molecule has 0 radical (unpaired) electrons. The molecule has 1 aromatic carbocycles. The fraction of sp³-hybridized carbons (Fsp3) is 0.745. The van der Waals surface area contributed by atoms with Crippen LogP contribution in [-0.4, -0.2) is 46.1 Å². The van der Waals surface area contributed by atoms with E-state index in [0.717, 1.165) is 31.0 Å². The van der Waals surface area contributed by atoms with Crippen LogP contribution < -0.4 is 0 Å². The van der Waals surface area contributed by atoms with E-state index in [0.29, 0.717) is 27.7 Å². The molecule has 0 N–H and O–H groups in total. The van der Waals surface area contributed by atoms with Crippen LogP contribution in [0.1, 0.15) is 161 Å². The van der Waals surface area contributed by atoms with E-state index in [9.17, 15) is 0 Å². The topological polar surface area (TPSA) is 6.48 Å². The summed E-state index contributed by atoms with van der Waals surface area (Å²) in [6, 6.07) is 12.1. The van der Waals surface area contributed by atoms with Crippen molar-refractivity contribution in [3.8, 4) is 0 Å². The van der Waals surface area contributed by atoms with E-state index in [4.69, 9.17) is 0 Å². The third-order valence-electron chi connectivity index (χ3n) is 15.1. The Balaban J connectivity index is 0.000000221. The van der Waals surface area contributed by atoms with Gasteiger partial charge in [-0.3, -0.25) is 9.80 Å². The molecule has 6 atom stereocenters. The van der Waals surface area contributed by atoms with Crippen LogP contribution in [0, 0.1) is 33.5 Å². The van der Waals surface area contributed by atoms with Crippen molar-refractivity contribution in [2.75, 3.05) is 13.1 Å². The quantitative estimate of drug-likeness (QED) is 0.229. The van der Waals surface area contributed by atoms with Gasteiger partial charge < -0.3 is 0 Å². The summed E-state index contributed by atoms with van der Waals surface area (Å²) in [6.45, 7) is 38.4. The van der Waals surface area contributed by atoms with Gasteiger partial charge in [-0.2, -0.15) is 0 Å². The lowest BCUT2D eigenvalue weighted by Crippen LogP contribution is -2.54. The van der Waals surface area contributed by atoms with Gasteiger partial charge in [0.2, 0.25) is 0 Å². The SMILES string of the molecule is CC(C)(C)N(C/C=C/c1ccccc1)C1CC2CCC1(C)C2(C)C.CC(C)=CCC/C(C)=C/CN(C1CC2CCC1(C)C2(C)C)C(C)(C)C. The second-order valence-corrected chi connectivity index (χ2v) is 20.6. The van der Waals surface area contributed by atoms with Crippen molar-refractivity contribution >= 4 is 6.08 Å². The second-order valence-electron chi connectivity index (χ2n) is 20.6. The maximum Gasteiger partial charge on any atom is 0.0174 e. The van der Waals surface area contributed by atoms with Crippen LogP contribution in [0.25, 0.3) is 6.08 Å².